The van der Waals surface area contributed by atoms with E-state index in [1.807, 2.05) is 6.07 Å². The maximum Gasteiger partial charge on any atom is 0.328 e. The molecule has 3 aromatic rings. The second kappa shape index (κ2) is 7.15. The highest BCUT2D eigenvalue weighted by Gasteiger charge is 2.40. The maximum atomic E-state index is 12.7. The summed E-state index contributed by atoms with van der Waals surface area (Å²) in [5, 5.41) is 3.64. The number of aromatic nitrogens is 3. The van der Waals surface area contributed by atoms with Crippen molar-refractivity contribution in [2.75, 3.05) is 13.7 Å². The predicted molar refractivity (Wildman–Crippen MR) is 111 cm³/mol. The van der Waals surface area contributed by atoms with E-state index >= 15 is 0 Å². The predicted octanol–water partition coefficient (Wildman–Crippen LogP) is 1.80. The minimum atomic E-state index is -0.372. The third kappa shape index (κ3) is 2.97. The summed E-state index contributed by atoms with van der Waals surface area (Å²) in [5.74, 6) is 1.93. The van der Waals surface area contributed by atoms with Crippen LogP contribution in [-0.4, -0.2) is 34.2 Å². The quantitative estimate of drug-likeness (QED) is 0.707. The molecule has 1 aliphatic heterocycles. The molecule has 0 radical (unpaired) electrons. The largest absolute Gasteiger partial charge is 0.496 e. The lowest BCUT2D eigenvalue weighted by Crippen LogP contribution is -2.38. The van der Waals surface area contributed by atoms with Gasteiger partial charge < -0.3 is 15.0 Å². The molecule has 2 aromatic heterocycles. The van der Waals surface area contributed by atoms with E-state index in [2.05, 4.69) is 27.4 Å². The van der Waals surface area contributed by atoms with Crippen molar-refractivity contribution < 1.29 is 4.74 Å². The van der Waals surface area contributed by atoms with Crippen molar-refractivity contribution in [3.63, 3.8) is 0 Å². The van der Waals surface area contributed by atoms with E-state index in [0.717, 1.165) is 31.6 Å². The topological polar surface area (TPSA) is 89.0 Å². The zero-order valence-corrected chi connectivity index (χ0v) is 16.4. The molecule has 2 aliphatic rings. The van der Waals surface area contributed by atoms with Crippen LogP contribution in [0.4, 0.5) is 0 Å². The standard InChI is InChI=1S/C22H24N4O3/c1-29-19-6-2-4-13-15(19)8-7-14-16(13)12-24-17(14)9-11-26-21(27)20-18(25-22(26)28)5-3-10-23-20/h2-6,10,14,16-17,24H,7-9,11-12H2,1H3,(H,25,28)/t14-,16+,17?/m1/s1. The van der Waals surface area contributed by atoms with Crippen molar-refractivity contribution in [3.8, 4) is 5.75 Å². The molecule has 150 valence electrons. The van der Waals surface area contributed by atoms with E-state index in [4.69, 9.17) is 4.74 Å². The number of hydrogen-bond donors (Lipinski definition) is 2. The van der Waals surface area contributed by atoms with Gasteiger partial charge in [0, 0.05) is 31.2 Å². The van der Waals surface area contributed by atoms with Crippen LogP contribution < -0.4 is 21.3 Å². The van der Waals surface area contributed by atoms with Crippen LogP contribution in [0.3, 0.4) is 0 Å². The van der Waals surface area contributed by atoms with Crippen LogP contribution >= 0.6 is 0 Å². The summed E-state index contributed by atoms with van der Waals surface area (Å²) in [5.41, 5.74) is 2.80. The lowest BCUT2D eigenvalue weighted by molar-refractivity contribution is 0.337. The Balaban J connectivity index is 1.38. The van der Waals surface area contributed by atoms with E-state index < -0.39 is 0 Å². The first-order valence-electron chi connectivity index (χ1n) is 10.1. The number of ether oxygens (including phenoxy) is 1. The summed E-state index contributed by atoms with van der Waals surface area (Å²) in [6, 6.07) is 10.0. The van der Waals surface area contributed by atoms with Crippen LogP contribution in [0, 0.1) is 5.92 Å². The van der Waals surface area contributed by atoms with Crippen LogP contribution in [0.1, 0.15) is 29.9 Å². The Morgan fingerprint density at radius 2 is 2.14 bits per heavy atom. The number of rotatable bonds is 4. The molecule has 7 nitrogen and oxygen atoms in total. The fourth-order valence-corrected chi connectivity index (χ4v) is 5.17. The van der Waals surface area contributed by atoms with Crippen molar-refractivity contribution in [1.29, 1.82) is 0 Å². The van der Waals surface area contributed by atoms with Gasteiger partial charge in [-0.15, -0.1) is 0 Å². The first kappa shape index (κ1) is 18.1. The fourth-order valence-electron chi connectivity index (χ4n) is 5.17. The molecule has 2 N–H and O–H groups in total. The van der Waals surface area contributed by atoms with Gasteiger partial charge in [-0.25, -0.2) is 9.78 Å². The monoisotopic (exact) mass is 392 g/mol. The van der Waals surface area contributed by atoms with Crippen LogP contribution in [0.5, 0.6) is 5.75 Å². The Labute approximate surface area is 167 Å². The van der Waals surface area contributed by atoms with Gasteiger partial charge in [-0.2, -0.15) is 0 Å². The number of nitrogens with one attached hydrogen (secondary N) is 2. The molecule has 1 unspecified atom stereocenters. The van der Waals surface area contributed by atoms with E-state index in [0.29, 0.717) is 29.4 Å². The van der Waals surface area contributed by atoms with Gasteiger partial charge in [0.1, 0.15) is 5.75 Å². The minimum Gasteiger partial charge on any atom is -0.496 e. The molecular formula is C22H24N4O3. The van der Waals surface area contributed by atoms with Gasteiger partial charge in [-0.3, -0.25) is 9.36 Å². The van der Waals surface area contributed by atoms with E-state index in [1.165, 1.54) is 15.7 Å². The van der Waals surface area contributed by atoms with Gasteiger partial charge in [0.15, 0.2) is 5.52 Å². The van der Waals surface area contributed by atoms with Crippen molar-refractivity contribution in [1.82, 2.24) is 19.9 Å². The van der Waals surface area contributed by atoms with Crippen LogP contribution in [0.15, 0.2) is 46.1 Å². The second-order valence-corrected chi connectivity index (χ2v) is 7.93. The Morgan fingerprint density at radius 3 is 3.00 bits per heavy atom. The summed E-state index contributed by atoms with van der Waals surface area (Å²) in [6.45, 7) is 1.30. The average Bonchev–Trinajstić information content (AvgIpc) is 3.16. The minimum absolute atomic E-state index is 0.282. The highest BCUT2D eigenvalue weighted by Crippen LogP contribution is 2.44. The normalized spacial score (nSPS) is 23.0. The molecule has 3 heterocycles. The molecule has 1 fully saturated rings. The van der Waals surface area contributed by atoms with E-state index in [9.17, 15) is 9.59 Å². The Kier molecular flexibility index (Phi) is 4.47. The molecule has 7 heteroatoms. The Bertz CT molecular complexity index is 1180. The molecular weight excluding hydrogens is 368 g/mol. The zero-order valence-electron chi connectivity index (χ0n) is 16.4. The van der Waals surface area contributed by atoms with Crippen molar-refractivity contribution in [2.45, 2.75) is 37.8 Å². The Hall–Kier alpha value is -2.93. The van der Waals surface area contributed by atoms with Crippen LogP contribution in [-0.2, 0) is 13.0 Å². The molecule has 1 aliphatic carbocycles. The van der Waals surface area contributed by atoms with Crippen molar-refractivity contribution >= 4 is 11.0 Å². The number of benzene rings is 1. The summed E-state index contributed by atoms with van der Waals surface area (Å²) in [7, 11) is 1.73. The SMILES string of the molecule is COc1cccc2c1CC[C@H]1C(CCn3c(=O)[nH]c4cccnc4c3=O)NC[C@@H]21. The molecule has 3 atom stereocenters. The Morgan fingerprint density at radius 1 is 1.24 bits per heavy atom. The first-order valence-corrected chi connectivity index (χ1v) is 10.1. The lowest BCUT2D eigenvalue weighted by Gasteiger charge is -2.31. The number of nitrogens with zero attached hydrogens (tertiary/aromatic N) is 2. The molecule has 29 heavy (non-hydrogen) atoms. The van der Waals surface area contributed by atoms with Gasteiger partial charge in [0.25, 0.3) is 5.56 Å². The van der Waals surface area contributed by atoms with Crippen molar-refractivity contribution in [2.24, 2.45) is 5.92 Å². The van der Waals surface area contributed by atoms with Gasteiger partial charge in [-0.05, 0) is 54.5 Å². The number of H-pyrrole nitrogens is 1. The van der Waals surface area contributed by atoms with E-state index in [1.54, 1.807) is 25.4 Å². The number of pyridine rings is 1. The number of methoxy groups -OCH3 is 1. The summed E-state index contributed by atoms with van der Waals surface area (Å²) in [6.07, 6.45) is 4.39. The summed E-state index contributed by atoms with van der Waals surface area (Å²) >= 11 is 0. The van der Waals surface area contributed by atoms with Crippen molar-refractivity contribution in [3.05, 3.63) is 68.5 Å². The zero-order chi connectivity index (χ0) is 20.0. The van der Waals surface area contributed by atoms with Crippen LogP contribution in [0.25, 0.3) is 11.0 Å². The number of hydrogen-bond acceptors (Lipinski definition) is 5. The third-order valence-electron chi connectivity index (χ3n) is 6.56. The fraction of sp³-hybridized carbons (Fsp3) is 0.409. The van der Waals surface area contributed by atoms with Crippen LogP contribution in [0.2, 0.25) is 0 Å². The summed E-state index contributed by atoms with van der Waals surface area (Å²) < 4.78 is 6.83. The maximum absolute atomic E-state index is 12.7. The van der Waals surface area contributed by atoms with Gasteiger partial charge in [0.2, 0.25) is 0 Å². The smallest absolute Gasteiger partial charge is 0.328 e. The molecule has 0 bridgehead atoms. The number of aromatic amines is 1. The summed E-state index contributed by atoms with van der Waals surface area (Å²) in [4.78, 5) is 32.0. The number of fused-ring (bicyclic) bond motifs is 4. The molecule has 5 rings (SSSR count). The highest BCUT2D eigenvalue weighted by molar-refractivity contribution is 5.71. The third-order valence-corrected chi connectivity index (χ3v) is 6.56. The van der Waals surface area contributed by atoms with Gasteiger partial charge in [-0.1, -0.05) is 12.1 Å². The lowest BCUT2D eigenvalue weighted by atomic mass is 9.74. The van der Waals surface area contributed by atoms with Gasteiger partial charge >= 0.3 is 5.69 Å². The molecule has 0 spiro atoms. The second-order valence-electron chi connectivity index (χ2n) is 7.93. The molecule has 1 aromatic carbocycles. The van der Waals surface area contributed by atoms with Gasteiger partial charge in [0.05, 0.1) is 12.6 Å². The first-order chi connectivity index (χ1) is 14.2. The highest BCUT2D eigenvalue weighted by atomic mass is 16.5. The molecule has 1 saturated heterocycles. The average molecular weight is 392 g/mol. The molecule has 0 amide bonds. The molecule has 0 saturated carbocycles. The van der Waals surface area contributed by atoms with E-state index in [-0.39, 0.29) is 17.3 Å².